The number of rotatable bonds is 9. The molecule has 0 aliphatic carbocycles. The summed E-state index contributed by atoms with van der Waals surface area (Å²) in [4.78, 5) is 11.7. The maximum Gasteiger partial charge on any atom is 0.245 e. The number of carbonyl (C=O) groups is 1. The number of hydrogen-bond donors (Lipinski definition) is 1. The minimum Gasteiger partial charge on any atom is -0.382 e. The number of nitrogens with one attached hydrogen (secondary N) is 1. The Bertz CT molecular complexity index is 165. The van der Waals surface area contributed by atoms with Crippen molar-refractivity contribution in [2.75, 3.05) is 33.5 Å². The predicted octanol–water partition coefficient (Wildman–Crippen LogP) is 1.33. The Labute approximate surface area is 99.8 Å². The highest BCUT2D eigenvalue weighted by atomic mass is 79.9. The van der Waals surface area contributed by atoms with Gasteiger partial charge in [0, 0.05) is 18.5 Å². The highest BCUT2D eigenvalue weighted by Gasteiger charge is 2.01. The van der Waals surface area contributed by atoms with Crippen molar-refractivity contribution < 1.29 is 14.3 Å². The van der Waals surface area contributed by atoms with E-state index in [9.17, 15) is 4.79 Å². The fourth-order valence-corrected chi connectivity index (χ4v) is 1.29. The van der Waals surface area contributed by atoms with E-state index in [1.54, 1.807) is 7.11 Å². The monoisotopic (exact) mass is 281 g/mol. The van der Waals surface area contributed by atoms with Gasteiger partial charge in [-0.15, -0.1) is 0 Å². The molecule has 4 nitrogen and oxygen atoms in total. The summed E-state index contributed by atoms with van der Waals surface area (Å²) in [5.74, 6) is -0.0617. The molecule has 1 atom stereocenters. The third-order valence-electron chi connectivity index (χ3n) is 1.77. The van der Waals surface area contributed by atoms with Gasteiger partial charge in [0.05, 0.1) is 13.2 Å². The summed E-state index contributed by atoms with van der Waals surface area (Å²) in [6.45, 7) is 3.90. The largest absolute Gasteiger partial charge is 0.382 e. The summed E-state index contributed by atoms with van der Waals surface area (Å²) in [5.41, 5.74) is 0. The van der Waals surface area contributed by atoms with Gasteiger partial charge < -0.3 is 14.8 Å². The molecule has 0 saturated carbocycles. The van der Waals surface area contributed by atoms with Crippen molar-refractivity contribution in [3.05, 3.63) is 0 Å². The zero-order valence-electron chi connectivity index (χ0n) is 9.42. The summed E-state index contributed by atoms with van der Waals surface area (Å²) < 4.78 is 9.85. The maximum absolute atomic E-state index is 11.2. The zero-order valence-corrected chi connectivity index (χ0v) is 11.0. The molecule has 15 heavy (non-hydrogen) atoms. The normalized spacial score (nSPS) is 12.5. The van der Waals surface area contributed by atoms with E-state index in [0.717, 1.165) is 12.8 Å². The van der Waals surface area contributed by atoms with E-state index < -0.39 is 0 Å². The van der Waals surface area contributed by atoms with Crippen LogP contribution in [0.3, 0.4) is 0 Å². The summed E-state index contributed by atoms with van der Waals surface area (Å²) >= 11 is 3.45. The first-order chi connectivity index (χ1) is 7.16. The Morgan fingerprint density at radius 2 is 2.20 bits per heavy atom. The number of carbonyl (C=O) groups excluding carboxylic acids is 1. The summed E-state index contributed by atoms with van der Waals surface area (Å²) in [6.07, 6.45) is 2.04. The predicted molar refractivity (Wildman–Crippen MR) is 63.3 cm³/mol. The average Bonchev–Trinajstić information content (AvgIpc) is 2.19. The fraction of sp³-hybridized carbons (Fsp3) is 0.900. The van der Waals surface area contributed by atoms with Crippen LogP contribution in [0.25, 0.3) is 0 Å². The van der Waals surface area contributed by atoms with Crippen LogP contribution >= 0.6 is 15.9 Å². The van der Waals surface area contributed by atoms with Crippen LogP contribution in [-0.2, 0) is 14.3 Å². The van der Waals surface area contributed by atoms with Gasteiger partial charge in [0.25, 0.3) is 0 Å². The van der Waals surface area contributed by atoms with Gasteiger partial charge in [0.1, 0.15) is 6.61 Å². The van der Waals surface area contributed by atoms with Crippen molar-refractivity contribution >= 4 is 21.8 Å². The molecule has 90 valence electrons. The van der Waals surface area contributed by atoms with Gasteiger partial charge in [0.2, 0.25) is 5.91 Å². The van der Waals surface area contributed by atoms with Crippen molar-refractivity contribution in [3.63, 3.8) is 0 Å². The molecule has 0 fully saturated rings. The topological polar surface area (TPSA) is 47.6 Å². The summed E-state index contributed by atoms with van der Waals surface area (Å²) in [6, 6.07) is 0. The molecule has 0 spiro atoms. The van der Waals surface area contributed by atoms with Gasteiger partial charge in [-0.25, -0.2) is 0 Å². The first-order valence-corrected chi connectivity index (χ1v) is 6.05. The van der Waals surface area contributed by atoms with E-state index in [1.165, 1.54) is 0 Å². The number of hydrogen-bond acceptors (Lipinski definition) is 3. The fourth-order valence-electron chi connectivity index (χ4n) is 0.969. The molecule has 0 saturated heterocycles. The highest BCUT2D eigenvalue weighted by Crippen LogP contribution is 2.04. The third-order valence-corrected chi connectivity index (χ3v) is 2.22. The number of halogens is 1. The highest BCUT2D eigenvalue weighted by molar-refractivity contribution is 9.09. The molecule has 0 aromatic carbocycles. The molecule has 0 aliphatic rings. The molecular weight excluding hydrogens is 262 g/mol. The quantitative estimate of drug-likeness (QED) is 0.512. The van der Waals surface area contributed by atoms with E-state index in [1.807, 2.05) is 0 Å². The molecule has 0 aromatic heterocycles. The zero-order chi connectivity index (χ0) is 11.5. The molecule has 0 radical (unpaired) electrons. The summed E-state index contributed by atoms with van der Waals surface area (Å²) in [5, 5.41) is 2.79. The SMILES string of the molecule is COCCOCC(=O)NCCCC(C)Br. The van der Waals surface area contributed by atoms with E-state index in [-0.39, 0.29) is 12.5 Å². The van der Waals surface area contributed by atoms with E-state index in [4.69, 9.17) is 9.47 Å². The van der Waals surface area contributed by atoms with Crippen molar-refractivity contribution in [1.29, 1.82) is 0 Å². The molecule has 0 rings (SSSR count). The Kier molecular flexibility index (Phi) is 10.3. The number of methoxy groups -OCH3 is 1. The van der Waals surface area contributed by atoms with Crippen molar-refractivity contribution in [2.45, 2.75) is 24.6 Å². The maximum atomic E-state index is 11.2. The Morgan fingerprint density at radius 1 is 1.47 bits per heavy atom. The van der Waals surface area contributed by atoms with Crippen LogP contribution in [0.1, 0.15) is 19.8 Å². The first-order valence-electron chi connectivity index (χ1n) is 5.14. The molecule has 1 unspecified atom stereocenters. The lowest BCUT2D eigenvalue weighted by atomic mass is 10.2. The second-order valence-corrected chi connectivity index (χ2v) is 4.88. The minimum absolute atomic E-state index is 0.0617. The smallest absolute Gasteiger partial charge is 0.245 e. The molecular formula is C10H20BrNO3. The average molecular weight is 282 g/mol. The van der Waals surface area contributed by atoms with Crippen LogP contribution in [0.5, 0.6) is 0 Å². The van der Waals surface area contributed by atoms with Crippen molar-refractivity contribution in [1.82, 2.24) is 5.32 Å². The summed E-state index contributed by atoms with van der Waals surface area (Å²) in [7, 11) is 1.60. The van der Waals surface area contributed by atoms with Crippen LogP contribution in [0.2, 0.25) is 0 Å². The Morgan fingerprint density at radius 3 is 2.80 bits per heavy atom. The molecule has 1 amide bonds. The van der Waals surface area contributed by atoms with E-state index >= 15 is 0 Å². The lowest BCUT2D eigenvalue weighted by molar-refractivity contribution is -0.126. The number of alkyl halides is 1. The molecule has 0 heterocycles. The van der Waals surface area contributed by atoms with Gasteiger partial charge in [-0.05, 0) is 12.8 Å². The second-order valence-electron chi connectivity index (χ2n) is 3.32. The van der Waals surface area contributed by atoms with Crippen LogP contribution in [-0.4, -0.2) is 44.2 Å². The number of ether oxygens (including phenoxy) is 2. The van der Waals surface area contributed by atoms with E-state index in [0.29, 0.717) is 24.6 Å². The van der Waals surface area contributed by atoms with E-state index in [2.05, 4.69) is 28.2 Å². The van der Waals surface area contributed by atoms with Gasteiger partial charge in [-0.3, -0.25) is 4.79 Å². The van der Waals surface area contributed by atoms with Crippen LogP contribution in [0.4, 0.5) is 0 Å². The Balaban J connectivity index is 3.19. The second kappa shape index (κ2) is 10.4. The third kappa shape index (κ3) is 11.8. The molecule has 0 aliphatic heterocycles. The van der Waals surface area contributed by atoms with Gasteiger partial charge >= 0.3 is 0 Å². The van der Waals surface area contributed by atoms with Crippen LogP contribution in [0.15, 0.2) is 0 Å². The lowest BCUT2D eigenvalue weighted by Gasteiger charge is -2.06. The Hall–Kier alpha value is -0.130. The van der Waals surface area contributed by atoms with Gasteiger partial charge in [0.15, 0.2) is 0 Å². The minimum atomic E-state index is -0.0617. The van der Waals surface area contributed by atoms with Crippen LogP contribution < -0.4 is 5.32 Å². The van der Waals surface area contributed by atoms with Crippen LogP contribution in [0, 0.1) is 0 Å². The standard InChI is InChI=1S/C10H20BrNO3/c1-9(11)4-3-5-12-10(13)8-15-7-6-14-2/h9H,3-8H2,1-2H3,(H,12,13). The molecule has 1 N–H and O–H groups in total. The molecule has 0 aromatic rings. The molecule has 0 bridgehead atoms. The lowest BCUT2D eigenvalue weighted by Crippen LogP contribution is -2.29. The van der Waals surface area contributed by atoms with Crippen molar-refractivity contribution in [3.8, 4) is 0 Å². The molecule has 5 heteroatoms. The number of amides is 1. The van der Waals surface area contributed by atoms with Gasteiger partial charge in [-0.2, -0.15) is 0 Å². The van der Waals surface area contributed by atoms with Gasteiger partial charge in [-0.1, -0.05) is 22.9 Å². The first kappa shape index (κ1) is 14.9. The van der Waals surface area contributed by atoms with Crippen molar-refractivity contribution in [2.24, 2.45) is 0 Å².